The number of guanidine groups is 1. The first-order valence-corrected chi connectivity index (χ1v) is 8.98. The fourth-order valence-corrected chi connectivity index (χ4v) is 4.00. The van der Waals surface area contributed by atoms with Gasteiger partial charge in [-0.15, -0.1) is 24.0 Å². The predicted octanol–water partition coefficient (Wildman–Crippen LogP) is 3.01. The van der Waals surface area contributed by atoms with Crippen molar-refractivity contribution in [2.45, 2.75) is 56.8 Å². The molecular formula is C15H30IN3OS. The molecule has 0 saturated carbocycles. The molecule has 2 heterocycles. The van der Waals surface area contributed by atoms with Crippen molar-refractivity contribution in [1.82, 2.24) is 10.6 Å². The second kappa shape index (κ2) is 10.2. The average molecular weight is 427 g/mol. The van der Waals surface area contributed by atoms with Crippen LogP contribution in [-0.2, 0) is 4.74 Å². The molecule has 0 spiro atoms. The van der Waals surface area contributed by atoms with E-state index in [9.17, 15) is 0 Å². The summed E-state index contributed by atoms with van der Waals surface area (Å²) in [6.45, 7) is 8.16. The van der Waals surface area contributed by atoms with Crippen LogP contribution in [0.25, 0.3) is 0 Å². The molecule has 2 atom stereocenters. The van der Waals surface area contributed by atoms with Gasteiger partial charge in [0.15, 0.2) is 5.96 Å². The van der Waals surface area contributed by atoms with Gasteiger partial charge in [-0.25, -0.2) is 0 Å². The summed E-state index contributed by atoms with van der Waals surface area (Å²) in [6, 6.07) is 0. The standard InChI is InChI=1S/C15H29N3OS.HI/c1-3-16-14(17-9-7-13-6-4-10-19-13)18-12-15(2)8-5-11-20-15;/h13H,3-12H2,1-2H3,(H2,16,17,18);1H. The lowest BCUT2D eigenvalue weighted by Gasteiger charge is -2.21. The van der Waals surface area contributed by atoms with Crippen LogP contribution in [0, 0.1) is 0 Å². The van der Waals surface area contributed by atoms with Crippen molar-refractivity contribution in [3.05, 3.63) is 0 Å². The van der Waals surface area contributed by atoms with Crippen molar-refractivity contribution in [2.75, 3.05) is 32.0 Å². The van der Waals surface area contributed by atoms with Gasteiger partial charge >= 0.3 is 0 Å². The predicted molar refractivity (Wildman–Crippen MR) is 103 cm³/mol. The summed E-state index contributed by atoms with van der Waals surface area (Å²) in [5.41, 5.74) is 0. The molecule has 21 heavy (non-hydrogen) atoms. The van der Waals surface area contributed by atoms with E-state index in [1.807, 2.05) is 0 Å². The number of ether oxygens (including phenoxy) is 1. The largest absolute Gasteiger partial charge is 0.378 e. The minimum atomic E-state index is 0. The molecule has 0 aromatic heterocycles. The Kier molecular flexibility index (Phi) is 9.36. The maximum Gasteiger partial charge on any atom is 0.191 e. The van der Waals surface area contributed by atoms with Gasteiger partial charge in [-0.1, -0.05) is 0 Å². The Morgan fingerprint density at radius 3 is 2.86 bits per heavy atom. The molecule has 0 aromatic carbocycles. The number of hydrogen-bond acceptors (Lipinski definition) is 3. The fraction of sp³-hybridized carbons (Fsp3) is 0.933. The zero-order valence-electron chi connectivity index (χ0n) is 13.3. The Morgan fingerprint density at radius 2 is 2.24 bits per heavy atom. The quantitative estimate of drug-likeness (QED) is 0.389. The third kappa shape index (κ3) is 6.95. The highest BCUT2D eigenvalue weighted by molar-refractivity contribution is 14.0. The van der Waals surface area contributed by atoms with E-state index >= 15 is 0 Å². The van der Waals surface area contributed by atoms with Crippen LogP contribution in [0.1, 0.15) is 46.0 Å². The summed E-state index contributed by atoms with van der Waals surface area (Å²) in [4.78, 5) is 4.76. The van der Waals surface area contributed by atoms with E-state index in [0.717, 1.165) is 38.6 Å². The highest BCUT2D eigenvalue weighted by atomic mass is 127. The van der Waals surface area contributed by atoms with Crippen molar-refractivity contribution < 1.29 is 4.74 Å². The monoisotopic (exact) mass is 427 g/mol. The van der Waals surface area contributed by atoms with Crippen molar-refractivity contribution in [3.8, 4) is 0 Å². The summed E-state index contributed by atoms with van der Waals surface area (Å²) < 4.78 is 5.99. The van der Waals surface area contributed by atoms with Gasteiger partial charge in [0.05, 0.1) is 12.6 Å². The number of thioether (sulfide) groups is 1. The highest BCUT2D eigenvalue weighted by Gasteiger charge is 2.29. The average Bonchev–Trinajstić information content (AvgIpc) is 3.08. The van der Waals surface area contributed by atoms with Gasteiger partial charge in [0.2, 0.25) is 0 Å². The van der Waals surface area contributed by atoms with Crippen molar-refractivity contribution in [3.63, 3.8) is 0 Å². The molecule has 0 aliphatic carbocycles. The summed E-state index contributed by atoms with van der Waals surface area (Å²) in [6.07, 6.45) is 6.58. The first kappa shape index (κ1) is 19.4. The Labute approximate surface area is 150 Å². The van der Waals surface area contributed by atoms with Gasteiger partial charge in [0.25, 0.3) is 0 Å². The number of rotatable bonds is 6. The van der Waals surface area contributed by atoms with Gasteiger partial charge in [-0.2, -0.15) is 11.8 Å². The van der Waals surface area contributed by atoms with Crippen molar-refractivity contribution >= 4 is 41.7 Å². The lowest BCUT2D eigenvalue weighted by Crippen LogP contribution is -2.39. The molecule has 124 valence electrons. The molecule has 2 unspecified atom stereocenters. The lowest BCUT2D eigenvalue weighted by molar-refractivity contribution is 0.105. The van der Waals surface area contributed by atoms with Crippen LogP contribution >= 0.6 is 35.7 Å². The van der Waals surface area contributed by atoms with Crippen LogP contribution in [0.15, 0.2) is 4.99 Å². The van der Waals surface area contributed by atoms with Gasteiger partial charge in [-0.05, 0) is 51.7 Å². The first-order chi connectivity index (χ1) is 9.72. The van der Waals surface area contributed by atoms with E-state index in [1.54, 1.807) is 0 Å². The summed E-state index contributed by atoms with van der Waals surface area (Å²) in [5, 5.41) is 6.78. The Morgan fingerprint density at radius 1 is 1.38 bits per heavy atom. The summed E-state index contributed by atoms with van der Waals surface area (Å²) >= 11 is 2.07. The minimum Gasteiger partial charge on any atom is -0.378 e. The number of nitrogens with zero attached hydrogens (tertiary/aromatic N) is 1. The topological polar surface area (TPSA) is 45.7 Å². The van der Waals surface area contributed by atoms with Gasteiger partial charge < -0.3 is 15.4 Å². The Hall–Kier alpha value is 0.310. The zero-order chi connectivity index (χ0) is 14.3. The van der Waals surface area contributed by atoms with Crippen molar-refractivity contribution in [2.24, 2.45) is 4.99 Å². The molecule has 2 fully saturated rings. The molecule has 2 N–H and O–H groups in total. The maximum atomic E-state index is 5.65. The maximum absolute atomic E-state index is 5.65. The molecular weight excluding hydrogens is 397 g/mol. The molecule has 2 aliphatic rings. The van der Waals surface area contributed by atoms with Gasteiger partial charge in [0.1, 0.15) is 0 Å². The second-order valence-corrected chi connectivity index (χ2v) is 7.63. The van der Waals surface area contributed by atoms with E-state index in [0.29, 0.717) is 10.9 Å². The van der Waals surface area contributed by atoms with Crippen LogP contribution in [0.2, 0.25) is 0 Å². The molecule has 6 heteroatoms. The molecule has 2 saturated heterocycles. The number of nitrogens with one attached hydrogen (secondary N) is 2. The number of halogens is 1. The smallest absolute Gasteiger partial charge is 0.191 e. The van der Waals surface area contributed by atoms with E-state index in [-0.39, 0.29) is 24.0 Å². The fourth-order valence-electron chi connectivity index (χ4n) is 2.77. The van der Waals surface area contributed by atoms with Crippen LogP contribution < -0.4 is 10.6 Å². The Balaban J connectivity index is 0.00000220. The molecule has 0 radical (unpaired) electrons. The molecule has 0 aromatic rings. The lowest BCUT2D eigenvalue weighted by atomic mass is 10.1. The first-order valence-electron chi connectivity index (χ1n) is 7.99. The second-order valence-electron chi connectivity index (χ2n) is 5.95. The van der Waals surface area contributed by atoms with Crippen LogP contribution in [0.3, 0.4) is 0 Å². The third-order valence-corrected chi connectivity index (χ3v) is 5.52. The summed E-state index contributed by atoms with van der Waals surface area (Å²) in [5.74, 6) is 2.24. The zero-order valence-corrected chi connectivity index (χ0v) is 16.5. The van der Waals surface area contributed by atoms with E-state index in [2.05, 4.69) is 36.2 Å². The minimum absolute atomic E-state index is 0. The third-order valence-electron chi connectivity index (χ3n) is 4.00. The summed E-state index contributed by atoms with van der Waals surface area (Å²) in [7, 11) is 0. The van der Waals surface area contributed by atoms with Crippen molar-refractivity contribution in [1.29, 1.82) is 0 Å². The molecule has 0 amide bonds. The molecule has 0 bridgehead atoms. The van der Waals surface area contributed by atoms with Gasteiger partial charge in [0, 0.05) is 24.4 Å². The molecule has 2 aliphatic heterocycles. The molecule has 4 nitrogen and oxygen atoms in total. The SMILES string of the molecule is CCNC(=NCC1(C)CCCS1)NCCC1CCCO1.I. The molecule has 2 rings (SSSR count). The van der Waals surface area contributed by atoms with E-state index < -0.39 is 0 Å². The van der Waals surface area contributed by atoms with E-state index in [1.165, 1.54) is 31.4 Å². The van der Waals surface area contributed by atoms with Gasteiger partial charge in [-0.3, -0.25) is 4.99 Å². The van der Waals surface area contributed by atoms with Crippen LogP contribution in [-0.4, -0.2) is 48.8 Å². The number of hydrogen-bond donors (Lipinski definition) is 2. The van der Waals surface area contributed by atoms with Crippen LogP contribution in [0.4, 0.5) is 0 Å². The normalized spacial score (nSPS) is 29.2. The van der Waals surface area contributed by atoms with Crippen LogP contribution in [0.5, 0.6) is 0 Å². The Bertz CT molecular complexity index is 316. The number of aliphatic imine (C=N–C) groups is 1. The highest BCUT2D eigenvalue weighted by Crippen LogP contribution is 2.37. The van der Waals surface area contributed by atoms with E-state index in [4.69, 9.17) is 9.73 Å².